The number of hydrogen-bond donors (Lipinski definition) is 2. The van der Waals surface area contributed by atoms with Gasteiger partial charge in [0, 0.05) is 55.1 Å². The molecule has 2 heterocycles. The highest BCUT2D eigenvalue weighted by Gasteiger charge is 2.34. The largest absolute Gasteiger partial charge is 0.369 e. The number of amides is 4. The summed E-state index contributed by atoms with van der Waals surface area (Å²) < 4.78 is 0.758. The minimum Gasteiger partial charge on any atom is -0.369 e. The Morgan fingerprint density at radius 1 is 0.969 bits per heavy atom. The van der Waals surface area contributed by atoms with Crippen LogP contribution in [0.1, 0.15) is 27.1 Å². The molecule has 0 bridgehead atoms. The maximum Gasteiger partial charge on any atom is 0.319 e. The lowest BCUT2D eigenvalue weighted by Gasteiger charge is -2.34. The van der Waals surface area contributed by atoms with Crippen LogP contribution in [-0.4, -0.2) is 74.0 Å². The van der Waals surface area contributed by atoms with E-state index in [-0.39, 0.29) is 24.4 Å². The number of hydrogen-bond acceptors (Lipinski definition) is 5. The number of rotatable bonds is 6. The molecule has 9 heteroatoms. The Morgan fingerprint density at radius 2 is 1.66 bits per heavy atom. The van der Waals surface area contributed by atoms with E-state index in [0.29, 0.717) is 29.8 Å². The Balaban J connectivity index is 1.20. The van der Waals surface area contributed by atoms with Crippen LogP contribution in [0.5, 0.6) is 0 Å². The highest BCUT2D eigenvalue weighted by Crippen LogP contribution is 2.26. The molecule has 32 heavy (non-hydrogen) atoms. The Kier molecular flexibility index (Phi) is 6.76. The molecule has 0 radical (unpaired) electrons. The van der Waals surface area contributed by atoms with Crippen molar-refractivity contribution in [2.45, 2.75) is 6.42 Å². The third-order valence-electron chi connectivity index (χ3n) is 5.77. The average Bonchev–Trinajstić information content (AvgIpc) is 3.02. The summed E-state index contributed by atoms with van der Waals surface area (Å²) in [5.74, 6) is -0.585. The molecule has 2 aliphatic heterocycles. The second-order valence-corrected chi connectivity index (χ2v) is 8.94. The van der Waals surface area contributed by atoms with Crippen molar-refractivity contribution in [3.05, 3.63) is 58.1 Å². The molecule has 0 aromatic heterocycles. The zero-order valence-corrected chi connectivity index (χ0v) is 19.5. The van der Waals surface area contributed by atoms with Crippen molar-refractivity contribution in [1.82, 2.24) is 15.1 Å². The lowest BCUT2D eigenvalue weighted by Crippen LogP contribution is -2.44. The van der Waals surface area contributed by atoms with Crippen molar-refractivity contribution in [3.8, 4) is 0 Å². The van der Waals surface area contributed by atoms with E-state index in [2.05, 4.69) is 43.4 Å². The Hall–Kier alpha value is -2.91. The SMILES string of the molecule is CN1CCN(c2ccc(NC(=O)NCCCN3C(=O)c4ccc(Br)cc4C3=O)cc2)CC1. The quantitative estimate of drug-likeness (QED) is 0.471. The molecule has 0 unspecified atom stereocenters. The number of carbonyl (C=O) groups excluding carboxylic acids is 3. The van der Waals surface area contributed by atoms with Crippen LogP contribution in [-0.2, 0) is 0 Å². The highest BCUT2D eigenvalue weighted by atomic mass is 79.9. The van der Waals surface area contributed by atoms with Crippen LogP contribution in [0.25, 0.3) is 0 Å². The smallest absolute Gasteiger partial charge is 0.319 e. The van der Waals surface area contributed by atoms with Crippen LogP contribution in [0.3, 0.4) is 0 Å². The number of benzene rings is 2. The van der Waals surface area contributed by atoms with Crippen LogP contribution in [0.2, 0.25) is 0 Å². The summed E-state index contributed by atoms with van der Waals surface area (Å²) in [6.45, 7) is 4.68. The van der Waals surface area contributed by atoms with Crippen molar-refractivity contribution in [2.75, 3.05) is 56.5 Å². The summed E-state index contributed by atoms with van der Waals surface area (Å²) in [7, 11) is 2.13. The van der Waals surface area contributed by atoms with Gasteiger partial charge in [-0.1, -0.05) is 15.9 Å². The van der Waals surface area contributed by atoms with E-state index in [4.69, 9.17) is 0 Å². The lowest BCUT2D eigenvalue weighted by atomic mass is 10.1. The van der Waals surface area contributed by atoms with Gasteiger partial charge in [-0.05, 0) is 55.9 Å². The first-order valence-corrected chi connectivity index (χ1v) is 11.5. The van der Waals surface area contributed by atoms with E-state index in [1.807, 2.05) is 24.3 Å². The lowest BCUT2D eigenvalue weighted by molar-refractivity contribution is 0.0653. The molecule has 2 aromatic carbocycles. The molecule has 168 valence electrons. The molecule has 8 nitrogen and oxygen atoms in total. The van der Waals surface area contributed by atoms with E-state index in [1.54, 1.807) is 18.2 Å². The second-order valence-electron chi connectivity index (χ2n) is 8.02. The van der Waals surface area contributed by atoms with Gasteiger partial charge in [-0.15, -0.1) is 0 Å². The van der Waals surface area contributed by atoms with Crippen molar-refractivity contribution >= 4 is 45.2 Å². The molecule has 2 N–H and O–H groups in total. The number of imide groups is 1. The summed E-state index contributed by atoms with van der Waals surface area (Å²) in [6.07, 6.45) is 0.475. The molecule has 0 atom stereocenters. The highest BCUT2D eigenvalue weighted by molar-refractivity contribution is 9.10. The number of urea groups is 1. The number of piperazine rings is 1. The van der Waals surface area contributed by atoms with Crippen LogP contribution in [0, 0.1) is 0 Å². The summed E-state index contributed by atoms with van der Waals surface area (Å²) in [5.41, 5.74) is 2.70. The number of likely N-dealkylation sites (N-methyl/N-ethyl adjacent to an activating group) is 1. The van der Waals surface area contributed by atoms with Crippen LogP contribution >= 0.6 is 15.9 Å². The number of nitrogens with one attached hydrogen (secondary N) is 2. The zero-order valence-electron chi connectivity index (χ0n) is 17.9. The van der Waals surface area contributed by atoms with Gasteiger partial charge < -0.3 is 20.4 Å². The molecular weight excluding hydrogens is 474 g/mol. The zero-order chi connectivity index (χ0) is 22.7. The second kappa shape index (κ2) is 9.70. The summed E-state index contributed by atoms with van der Waals surface area (Å²) in [6, 6.07) is 12.6. The average molecular weight is 500 g/mol. The fourth-order valence-corrected chi connectivity index (χ4v) is 4.26. The van der Waals surface area contributed by atoms with Gasteiger partial charge in [0.05, 0.1) is 11.1 Å². The topological polar surface area (TPSA) is 85.0 Å². The molecule has 1 saturated heterocycles. The third kappa shape index (κ3) is 4.94. The predicted octanol–water partition coefficient (Wildman–Crippen LogP) is 3.01. The van der Waals surface area contributed by atoms with E-state index in [0.717, 1.165) is 36.3 Å². The van der Waals surface area contributed by atoms with Gasteiger partial charge in [-0.3, -0.25) is 14.5 Å². The first-order chi connectivity index (χ1) is 15.4. The van der Waals surface area contributed by atoms with Gasteiger partial charge in [0.25, 0.3) is 11.8 Å². The van der Waals surface area contributed by atoms with Crippen LogP contribution < -0.4 is 15.5 Å². The first-order valence-electron chi connectivity index (χ1n) is 10.7. The standard InChI is InChI=1S/C23H26BrN5O3/c1-27-11-13-28(14-12-27)18-6-4-17(5-7-18)26-23(32)25-9-2-10-29-21(30)19-8-3-16(24)15-20(19)22(29)31/h3-8,15H,2,9-14H2,1H3,(H2,25,26,32). The maximum absolute atomic E-state index is 12.5. The Bertz CT molecular complexity index is 1020. The van der Waals surface area contributed by atoms with Crippen molar-refractivity contribution in [3.63, 3.8) is 0 Å². The molecule has 0 saturated carbocycles. The summed E-state index contributed by atoms with van der Waals surface area (Å²) in [5, 5.41) is 5.59. The minimum atomic E-state index is -0.316. The molecular formula is C23H26BrN5O3. The number of halogens is 1. The molecule has 4 amide bonds. The normalized spacial score (nSPS) is 16.3. The van der Waals surface area contributed by atoms with Gasteiger partial charge in [0.2, 0.25) is 0 Å². The van der Waals surface area contributed by atoms with Crippen LogP contribution in [0.15, 0.2) is 46.9 Å². The fraction of sp³-hybridized carbons (Fsp3) is 0.348. The van der Waals surface area contributed by atoms with Gasteiger partial charge in [0.1, 0.15) is 0 Å². The number of carbonyl (C=O) groups is 3. The molecule has 0 spiro atoms. The number of anilines is 2. The minimum absolute atomic E-state index is 0.254. The molecule has 2 aliphatic rings. The van der Waals surface area contributed by atoms with Gasteiger partial charge >= 0.3 is 6.03 Å². The molecule has 1 fully saturated rings. The predicted molar refractivity (Wildman–Crippen MR) is 127 cm³/mol. The van der Waals surface area contributed by atoms with E-state index in [9.17, 15) is 14.4 Å². The molecule has 4 rings (SSSR count). The third-order valence-corrected chi connectivity index (χ3v) is 6.26. The van der Waals surface area contributed by atoms with E-state index < -0.39 is 0 Å². The summed E-state index contributed by atoms with van der Waals surface area (Å²) >= 11 is 3.32. The van der Waals surface area contributed by atoms with Gasteiger partial charge in [-0.2, -0.15) is 0 Å². The number of fused-ring (bicyclic) bond motifs is 1. The van der Waals surface area contributed by atoms with Crippen molar-refractivity contribution < 1.29 is 14.4 Å². The maximum atomic E-state index is 12.5. The van der Waals surface area contributed by atoms with Crippen LogP contribution in [0.4, 0.5) is 16.2 Å². The summed E-state index contributed by atoms with van der Waals surface area (Å²) in [4.78, 5) is 43.0. The van der Waals surface area contributed by atoms with E-state index in [1.165, 1.54) is 4.90 Å². The first kappa shape index (κ1) is 22.3. The fourth-order valence-electron chi connectivity index (χ4n) is 3.90. The van der Waals surface area contributed by atoms with E-state index >= 15 is 0 Å². The monoisotopic (exact) mass is 499 g/mol. The Labute approximate surface area is 195 Å². The van der Waals surface area contributed by atoms with Gasteiger partial charge in [0.15, 0.2) is 0 Å². The Morgan fingerprint density at radius 3 is 2.38 bits per heavy atom. The van der Waals surface area contributed by atoms with Gasteiger partial charge in [-0.25, -0.2) is 4.79 Å². The molecule has 2 aromatic rings. The van der Waals surface area contributed by atoms with Crippen molar-refractivity contribution in [2.24, 2.45) is 0 Å². The number of nitrogens with zero attached hydrogens (tertiary/aromatic N) is 3. The molecule has 0 aliphatic carbocycles. The van der Waals surface area contributed by atoms with Crippen molar-refractivity contribution in [1.29, 1.82) is 0 Å².